The van der Waals surface area contributed by atoms with Crippen LogP contribution in [0.15, 0.2) is 48.5 Å². The first-order valence-corrected chi connectivity index (χ1v) is 10.2. The van der Waals surface area contributed by atoms with Gasteiger partial charge < -0.3 is 19.9 Å². The number of nitrogens with zero attached hydrogens (tertiary/aromatic N) is 2. The molecule has 4 rings (SSSR count). The van der Waals surface area contributed by atoms with E-state index in [0.717, 1.165) is 29.8 Å². The lowest BCUT2D eigenvalue weighted by Crippen LogP contribution is -2.37. The van der Waals surface area contributed by atoms with Crippen molar-refractivity contribution in [2.24, 2.45) is 5.92 Å². The molecule has 0 aromatic heterocycles. The molecular weight excluding hydrogens is 382 g/mol. The van der Waals surface area contributed by atoms with Gasteiger partial charge in [-0.2, -0.15) is 0 Å². The van der Waals surface area contributed by atoms with E-state index in [1.54, 1.807) is 9.80 Å². The van der Waals surface area contributed by atoms with Gasteiger partial charge in [-0.1, -0.05) is 24.3 Å². The maximum Gasteiger partial charge on any atom is 0.252 e. The van der Waals surface area contributed by atoms with Gasteiger partial charge in [-0.15, -0.1) is 0 Å². The van der Waals surface area contributed by atoms with Crippen LogP contribution in [-0.2, 0) is 25.5 Å². The van der Waals surface area contributed by atoms with E-state index in [0.29, 0.717) is 18.8 Å². The highest BCUT2D eigenvalue weighted by Gasteiger charge is 2.35. The lowest BCUT2D eigenvalue weighted by Gasteiger charge is -2.30. The number of amides is 3. The largest absolute Gasteiger partial charge is 0.375 e. The van der Waals surface area contributed by atoms with Crippen LogP contribution < -0.4 is 15.1 Å². The Morgan fingerprint density at radius 2 is 1.97 bits per heavy atom. The molecule has 30 heavy (non-hydrogen) atoms. The number of hydrogen-bond acceptors (Lipinski definition) is 4. The number of carbonyl (C=O) groups is 3. The molecule has 0 radical (unpaired) electrons. The highest BCUT2D eigenvalue weighted by molar-refractivity contribution is 6.04. The summed E-state index contributed by atoms with van der Waals surface area (Å²) in [5.74, 6) is -0.753. The average molecular weight is 407 g/mol. The summed E-state index contributed by atoms with van der Waals surface area (Å²) < 4.78 is 4.99. The second-order valence-electron chi connectivity index (χ2n) is 7.66. The summed E-state index contributed by atoms with van der Waals surface area (Å²) in [6.07, 6.45) is 1.97. The van der Waals surface area contributed by atoms with Crippen LogP contribution in [-0.4, -0.2) is 44.5 Å². The molecule has 1 saturated heterocycles. The van der Waals surface area contributed by atoms with Crippen molar-refractivity contribution in [1.82, 2.24) is 0 Å². The predicted molar refractivity (Wildman–Crippen MR) is 115 cm³/mol. The van der Waals surface area contributed by atoms with E-state index in [-0.39, 0.29) is 30.7 Å². The van der Waals surface area contributed by atoms with Crippen LogP contribution >= 0.6 is 0 Å². The van der Waals surface area contributed by atoms with Crippen molar-refractivity contribution in [3.8, 4) is 0 Å². The van der Waals surface area contributed by atoms with Crippen LogP contribution in [0.4, 0.5) is 17.1 Å². The number of ether oxygens (including phenoxy) is 1. The number of anilines is 3. The Labute approximate surface area is 175 Å². The van der Waals surface area contributed by atoms with Crippen LogP contribution in [0, 0.1) is 5.92 Å². The van der Waals surface area contributed by atoms with Gasteiger partial charge in [0.1, 0.15) is 6.61 Å². The van der Waals surface area contributed by atoms with Gasteiger partial charge in [-0.3, -0.25) is 14.4 Å². The van der Waals surface area contributed by atoms with Crippen molar-refractivity contribution in [3.05, 3.63) is 54.1 Å². The normalized spacial score (nSPS) is 18.3. The number of fused-ring (bicyclic) bond motifs is 1. The molecule has 3 amide bonds. The third-order valence-electron chi connectivity index (χ3n) is 5.60. The molecule has 0 bridgehead atoms. The second kappa shape index (κ2) is 8.67. The Morgan fingerprint density at radius 1 is 1.17 bits per heavy atom. The fourth-order valence-electron chi connectivity index (χ4n) is 4.10. The first kappa shape index (κ1) is 20.1. The van der Waals surface area contributed by atoms with E-state index in [1.807, 2.05) is 48.5 Å². The van der Waals surface area contributed by atoms with Gasteiger partial charge in [0.25, 0.3) is 5.91 Å². The number of benzene rings is 2. The minimum atomic E-state index is -0.417. The van der Waals surface area contributed by atoms with Crippen LogP contribution in [0.25, 0.3) is 0 Å². The maximum absolute atomic E-state index is 12.8. The summed E-state index contributed by atoms with van der Waals surface area (Å²) in [5.41, 5.74) is 3.32. The molecule has 7 heteroatoms. The lowest BCUT2D eigenvalue weighted by molar-refractivity contribution is -0.122. The molecule has 7 nitrogen and oxygen atoms in total. The van der Waals surface area contributed by atoms with E-state index in [4.69, 9.17) is 4.74 Å². The highest BCUT2D eigenvalue weighted by atomic mass is 16.5. The third kappa shape index (κ3) is 4.07. The molecule has 1 fully saturated rings. The Bertz CT molecular complexity index is 960. The number of rotatable bonds is 5. The molecule has 1 unspecified atom stereocenters. The molecule has 0 aliphatic carbocycles. The molecule has 1 atom stereocenters. The van der Waals surface area contributed by atoms with E-state index < -0.39 is 5.92 Å². The first-order chi connectivity index (χ1) is 14.6. The fraction of sp³-hybridized carbons (Fsp3) is 0.348. The first-order valence-electron chi connectivity index (χ1n) is 10.2. The molecule has 2 aliphatic heterocycles. The van der Waals surface area contributed by atoms with Gasteiger partial charge in [0.2, 0.25) is 11.8 Å². The van der Waals surface area contributed by atoms with Crippen LogP contribution in [0.5, 0.6) is 0 Å². The van der Waals surface area contributed by atoms with Gasteiger partial charge in [-0.05, 0) is 42.7 Å². The highest BCUT2D eigenvalue weighted by Crippen LogP contribution is 2.31. The van der Waals surface area contributed by atoms with E-state index in [9.17, 15) is 14.4 Å². The van der Waals surface area contributed by atoms with Gasteiger partial charge in [-0.25, -0.2) is 0 Å². The molecule has 2 aromatic rings. The Balaban J connectivity index is 1.47. The molecular formula is C23H25N3O4. The van der Waals surface area contributed by atoms with E-state index in [1.165, 1.54) is 7.11 Å². The number of para-hydroxylation sites is 1. The second-order valence-corrected chi connectivity index (χ2v) is 7.66. The van der Waals surface area contributed by atoms with Crippen molar-refractivity contribution in [1.29, 1.82) is 0 Å². The molecule has 0 saturated carbocycles. The van der Waals surface area contributed by atoms with Crippen LogP contribution in [0.1, 0.15) is 18.4 Å². The number of methoxy groups -OCH3 is 1. The standard InChI is InChI=1S/C23H25N3O4/c1-30-15-22(28)25-11-5-6-16-9-10-18(13-20(16)25)24-23(29)17-12-21(27)26(14-17)19-7-3-2-4-8-19/h2-4,7-10,13,17H,5-6,11-12,14-15H2,1H3,(H,24,29). The van der Waals surface area contributed by atoms with Crippen molar-refractivity contribution in [3.63, 3.8) is 0 Å². The Hall–Kier alpha value is -3.19. The SMILES string of the molecule is COCC(=O)N1CCCc2ccc(NC(=O)C3CC(=O)N(c4ccccc4)C3)cc21. The molecule has 2 aromatic carbocycles. The topological polar surface area (TPSA) is 79.0 Å². The fourth-order valence-corrected chi connectivity index (χ4v) is 4.10. The third-order valence-corrected chi connectivity index (χ3v) is 5.60. The minimum Gasteiger partial charge on any atom is -0.375 e. The number of nitrogens with one attached hydrogen (secondary N) is 1. The van der Waals surface area contributed by atoms with Gasteiger partial charge >= 0.3 is 0 Å². The minimum absolute atomic E-state index is 0.0233. The van der Waals surface area contributed by atoms with Crippen molar-refractivity contribution < 1.29 is 19.1 Å². The maximum atomic E-state index is 12.8. The summed E-state index contributed by atoms with van der Waals surface area (Å²) in [4.78, 5) is 41.0. The van der Waals surface area contributed by atoms with E-state index in [2.05, 4.69) is 5.32 Å². The van der Waals surface area contributed by atoms with Crippen molar-refractivity contribution in [2.45, 2.75) is 19.3 Å². The van der Waals surface area contributed by atoms with Gasteiger partial charge in [0, 0.05) is 43.7 Å². The molecule has 2 aliphatic rings. The molecule has 156 valence electrons. The quantitative estimate of drug-likeness (QED) is 0.826. The Morgan fingerprint density at radius 3 is 2.73 bits per heavy atom. The Kier molecular flexibility index (Phi) is 5.81. The summed E-state index contributed by atoms with van der Waals surface area (Å²) in [6.45, 7) is 1.02. The van der Waals surface area contributed by atoms with E-state index >= 15 is 0 Å². The summed E-state index contributed by atoms with van der Waals surface area (Å²) >= 11 is 0. The zero-order chi connectivity index (χ0) is 21.1. The van der Waals surface area contributed by atoms with Gasteiger partial charge in [0.05, 0.1) is 5.92 Å². The zero-order valence-electron chi connectivity index (χ0n) is 17.0. The monoisotopic (exact) mass is 407 g/mol. The summed E-state index contributed by atoms with van der Waals surface area (Å²) in [5, 5.41) is 2.93. The lowest BCUT2D eigenvalue weighted by atomic mass is 10.0. The summed E-state index contributed by atoms with van der Waals surface area (Å²) in [6, 6.07) is 15.0. The molecule has 2 heterocycles. The van der Waals surface area contributed by atoms with Crippen LogP contribution in [0.2, 0.25) is 0 Å². The molecule has 0 spiro atoms. The number of carbonyl (C=O) groups excluding carboxylic acids is 3. The average Bonchev–Trinajstić information content (AvgIpc) is 3.16. The number of aryl methyl sites for hydroxylation is 1. The van der Waals surface area contributed by atoms with Gasteiger partial charge in [0.15, 0.2) is 0 Å². The number of hydrogen-bond donors (Lipinski definition) is 1. The zero-order valence-corrected chi connectivity index (χ0v) is 17.0. The molecule has 1 N–H and O–H groups in total. The predicted octanol–water partition coefficient (Wildman–Crippen LogP) is 2.60. The summed E-state index contributed by atoms with van der Waals surface area (Å²) in [7, 11) is 1.50. The smallest absolute Gasteiger partial charge is 0.252 e. The van der Waals surface area contributed by atoms with Crippen LogP contribution in [0.3, 0.4) is 0 Å². The van der Waals surface area contributed by atoms with Crippen molar-refractivity contribution in [2.75, 3.05) is 41.9 Å². The van der Waals surface area contributed by atoms with Crippen molar-refractivity contribution >= 4 is 34.8 Å².